The molecule has 1 atom stereocenters. The van der Waals surface area contributed by atoms with Crippen molar-refractivity contribution in [1.29, 1.82) is 0 Å². The molecule has 2 N–H and O–H groups in total. The number of nitrogens with one attached hydrogen (secondary N) is 1. The van der Waals surface area contributed by atoms with E-state index in [9.17, 15) is 13.2 Å². The highest BCUT2D eigenvalue weighted by Gasteiger charge is 2.21. The zero-order valence-corrected chi connectivity index (χ0v) is 14.3. The summed E-state index contributed by atoms with van der Waals surface area (Å²) in [7, 11) is -2.22. The second kappa shape index (κ2) is 7.46. The molecule has 0 heterocycles. The van der Waals surface area contributed by atoms with E-state index in [1.165, 1.54) is 35.6 Å². The molecule has 0 aliphatic rings. The summed E-state index contributed by atoms with van der Waals surface area (Å²) in [6.45, 7) is 1.51. The van der Waals surface area contributed by atoms with Gasteiger partial charge in [0.15, 0.2) is 0 Å². The largest absolute Gasteiger partial charge is 0.394 e. The van der Waals surface area contributed by atoms with Crippen LogP contribution in [0.2, 0.25) is 0 Å². The second-order valence-corrected chi connectivity index (χ2v) is 7.36. The van der Waals surface area contributed by atoms with Gasteiger partial charge in [0.1, 0.15) is 0 Å². The third-order valence-corrected chi connectivity index (χ3v) is 5.35. The molecule has 0 spiro atoms. The van der Waals surface area contributed by atoms with Gasteiger partial charge in [0.2, 0.25) is 0 Å². The van der Waals surface area contributed by atoms with E-state index in [2.05, 4.69) is 5.32 Å². The highest BCUT2D eigenvalue weighted by Crippen LogP contribution is 2.21. The van der Waals surface area contributed by atoms with Gasteiger partial charge in [-0.25, -0.2) is 8.42 Å². The molecule has 0 aromatic heterocycles. The number of para-hydroxylation sites is 1. The Morgan fingerprint density at radius 2 is 1.71 bits per heavy atom. The SMILES string of the molecule is CC(CO)NC(=O)c1ccc(S(=O)(=O)N(C)c2ccccc2)cc1. The molecule has 0 aliphatic heterocycles. The van der Waals surface area contributed by atoms with Crippen molar-refractivity contribution in [3.63, 3.8) is 0 Å². The molecule has 24 heavy (non-hydrogen) atoms. The monoisotopic (exact) mass is 348 g/mol. The minimum Gasteiger partial charge on any atom is -0.394 e. The lowest BCUT2D eigenvalue weighted by molar-refractivity contribution is 0.0922. The van der Waals surface area contributed by atoms with E-state index in [-0.39, 0.29) is 23.5 Å². The van der Waals surface area contributed by atoms with Crippen LogP contribution in [0.1, 0.15) is 17.3 Å². The number of rotatable bonds is 6. The van der Waals surface area contributed by atoms with Gasteiger partial charge in [-0.15, -0.1) is 0 Å². The van der Waals surface area contributed by atoms with Crippen molar-refractivity contribution in [3.05, 3.63) is 60.2 Å². The highest BCUT2D eigenvalue weighted by molar-refractivity contribution is 7.92. The number of hydrogen-bond donors (Lipinski definition) is 2. The van der Waals surface area contributed by atoms with Crippen LogP contribution in [-0.2, 0) is 10.0 Å². The second-order valence-electron chi connectivity index (χ2n) is 5.39. The summed E-state index contributed by atoms with van der Waals surface area (Å²) < 4.78 is 26.5. The number of nitrogens with zero attached hydrogens (tertiary/aromatic N) is 1. The fourth-order valence-electron chi connectivity index (χ4n) is 2.07. The van der Waals surface area contributed by atoms with Crippen molar-refractivity contribution >= 4 is 21.6 Å². The maximum atomic E-state index is 12.6. The van der Waals surface area contributed by atoms with Gasteiger partial charge in [-0.1, -0.05) is 18.2 Å². The van der Waals surface area contributed by atoms with Crippen molar-refractivity contribution in [2.24, 2.45) is 0 Å². The van der Waals surface area contributed by atoms with Crippen molar-refractivity contribution in [3.8, 4) is 0 Å². The minimum absolute atomic E-state index is 0.0978. The van der Waals surface area contributed by atoms with E-state index in [0.29, 0.717) is 11.3 Å². The smallest absolute Gasteiger partial charge is 0.264 e. The predicted molar refractivity (Wildman–Crippen MR) is 92.5 cm³/mol. The van der Waals surface area contributed by atoms with Gasteiger partial charge in [-0.2, -0.15) is 0 Å². The molecule has 0 aliphatic carbocycles. The number of hydrogen-bond acceptors (Lipinski definition) is 4. The molecule has 0 fully saturated rings. The minimum atomic E-state index is -3.70. The number of carbonyl (C=O) groups excluding carboxylic acids is 1. The van der Waals surface area contributed by atoms with Crippen LogP contribution in [0.4, 0.5) is 5.69 Å². The van der Waals surface area contributed by atoms with Gasteiger partial charge < -0.3 is 10.4 Å². The Hall–Kier alpha value is -2.38. The van der Waals surface area contributed by atoms with Gasteiger partial charge in [0, 0.05) is 18.7 Å². The van der Waals surface area contributed by atoms with E-state index in [0.717, 1.165) is 0 Å². The van der Waals surface area contributed by atoms with Crippen LogP contribution in [-0.4, -0.2) is 39.1 Å². The van der Waals surface area contributed by atoms with Crippen molar-refractivity contribution in [2.75, 3.05) is 18.0 Å². The molecule has 2 aromatic carbocycles. The first-order chi connectivity index (χ1) is 11.4. The van der Waals surface area contributed by atoms with Crippen LogP contribution in [0.3, 0.4) is 0 Å². The Kier molecular flexibility index (Phi) is 5.58. The molecular formula is C17H20N2O4S. The standard InChI is InChI=1S/C17H20N2O4S/c1-13(12-20)18-17(21)14-8-10-16(11-9-14)24(22,23)19(2)15-6-4-3-5-7-15/h3-11,13,20H,12H2,1-2H3,(H,18,21). The Bertz CT molecular complexity index is 789. The lowest BCUT2D eigenvalue weighted by atomic mass is 10.2. The van der Waals surface area contributed by atoms with Crippen LogP contribution in [0.5, 0.6) is 0 Å². The van der Waals surface area contributed by atoms with Gasteiger partial charge >= 0.3 is 0 Å². The molecule has 2 rings (SSSR count). The number of aliphatic hydroxyl groups excluding tert-OH is 1. The molecule has 0 radical (unpaired) electrons. The summed E-state index contributed by atoms with van der Waals surface area (Å²) in [4.78, 5) is 12.0. The number of carbonyl (C=O) groups is 1. The molecule has 2 aromatic rings. The van der Waals surface area contributed by atoms with Gasteiger partial charge in [0.25, 0.3) is 15.9 Å². The van der Waals surface area contributed by atoms with E-state index in [1.54, 1.807) is 31.2 Å². The quantitative estimate of drug-likeness (QED) is 0.830. The van der Waals surface area contributed by atoms with E-state index in [4.69, 9.17) is 5.11 Å². The maximum Gasteiger partial charge on any atom is 0.264 e. The lowest BCUT2D eigenvalue weighted by Gasteiger charge is -2.19. The average molecular weight is 348 g/mol. The average Bonchev–Trinajstić information content (AvgIpc) is 2.61. The maximum absolute atomic E-state index is 12.6. The summed E-state index contributed by atoms with van der Waals surface area (Å²) in [6, 6.07) is 14.1. The number of anilines is 1. The third-order valence-electron chi connectivity index (χ3n) is 3.55. The molecule has 0 saturated carbocycles. The Morgan fingerprint density at radius 3 is 2.25 bits per heavy atom. The number of amides is 1. The topological polar surface area (TPSA) is 86.7 Å². The first-order valence-electron chi connectivity index (χ1n) is 7.42. The van der Waals surface area contributed by atoms with E-state index >= 15 is 0 Å². The first kappa shape index (κ1) is 18.0. The predicted octanol–water partition coefficient (Wildman–Crippen LogP) is 1.62. The summed E-state index contributed by atoms with van der Waals surface area (Å²) in [5, 5.41) is 11.6. The molecule has 128 valence electrons. The lowest BCUT2D eigenvalue weighted by Crippen LogP contribution is -2.35. The van der Waals surface area contributed by atoms with Crippen LogP contribution in [0.25, 0.3) is 0 Å². The van der Waals surface area contributed by atoms with Gasteiger partial charge in [0.05, 0.1) is 17.2 Å². The number of aliphatic hydroxyl groups is 1. The highest BCUT2D eigenvalue weighted by atomic mass is 32.2. The van der Waals surface area contributed by atoms with Crippen LogP contribution >= 0.6 is 0 Å². The van der Waals surface area contributed by atoms with E-state index < -0.39 is 10.0 Å². The molecule has 1 amide bonds. The summed E-state index contributed by atoms with van der Waals surface area (Å²) in [5.74, 6) is -0.364. The summed E-state index contributed by atoms with van der Waals surface area (Å²) in [6.07, 6.45) is 0. The van der Waals surface area contributed by atoms with Crippen LogP contribution in [0, 0.1) is 0 Å². The number of benzene rings is 2. The third kappa shape index (κ3) is 3.93. The molecule has 6 nitrogen and oxygen atoms in total. The Morgan fingerprint density at radius 1 is 1.12 bits per heavy atom. The fourth-order valence-corrected chi connectivity index (χ4v) is 3.26. The first-order valence-corrected chi connectivity index (χ1v) is 8.86. The van der Waals surface area contributed by atoms with Crippen LogP contribution < -0.4 is 9.62 Å². The Balaban J connectivity index is 2.22. The van der Waals surface area contributed by atoms with Crippen LogP contribution in [0.15, 0.2) is 59.5 Å². The zero-order valence-electron chi connectivity index (χ0n) is 13.5. The van der Waals surface area contributed by atoms with E-state index in [1.807, 2.05) is 6.07 Å². The molecular weight excluding hydrogens is 328 g/mol. The Labute approximate surface area is 141 Å². The summed E-state index contributed by atoms with van der Waals surface area (Å²) >= 11 is 0. The number of sulfonamides is 1. The molecule has 7 heteroatoms. The van der Waals surface area contributed by atoms with Crippen molar-refractivity contribution in [2.45, 2.75) is 17.9 Å². The molecule has 1 unspecified atom stereocenters. The normalized spacial score (nSPS) is 12.5. The fraction of sp³-hybridized carbons (Fsp3) is 0.235. The summed E-state index contributed by atoms with van der Waals surface area (Å²) in [5.41, 5.74) is 0.882. The van der Waals surface area contributed by atoms with Gasteiger partial charge in [-0.3, -0.25) is 9.10 Å². The molecule has 0 saturated heterocycles. The van der Waals surface area contributed by atoms with Gasteiger partial charge in [-0.05, 0) is 43.3 Å². The zero-order chi connectivity index (χ0) is 17.7. The molecule has 0 bridgehead atoms. The van der Waals surface area contributed by atoms with Crippen molar-refractivity contribution < 1.29 is 18.3 Å². The van der Waals surface area contributed by atoms with Crippen molar-refractivity contribution in [1.82, 2.24) is 5.32 Å².